The number of hydrogen-bond acceptors (Lipinski definition) is 4. The molecule has 0 spiro atoms. The summed E-state index contributed by atoms with van der Waals surface area (Å²) in [4.78, 5) is 16.5. The molecule has 8 heteroatoms. The van der Waals surface area contributed by atoms with E-state index in [-0.39, 0.29) is 28.4 Å². The molecular weight excluding hydrogens is 347 g/mol. The molecule has 0 aliphatic rings. The summed E-state index contributed by atoms with van der Waals surface area (Å²) in [6.45, 7) is 6.32. The maximum Gasteiger partial charge on any atom is 0.273 e. The second-order valence-electron chi connectivity index (χ2n) is 6.87. The Hall–Kier alpha value is -2.77. The van der Waals surface area contributed by atoms with Gasteiger partial charge >= 0.3 is 0 Å². The van der Waals surface area contributed by atoms with Crippen LogP contribution in [-0.2, 0) is 0 Å². The molecule has 1 aromatic carbocycles. The second kappa shape index (κ2) is 7.63. The van der Waals surface area contributed by atoms with Crippen molar-refractivity contribution in [3.8, 4) is 5.75 Å². The Labute approximate surface area is 149 Å². The molecule has 0 saturated carbocycles. The van der Waals surface area contributed by atoms with Gasteiger partial charge in [-0.2, -0.15) is 0 Å². The van der Waals surface area contributed by atoms with Crippen LogP contribution < -0.4 is 15.4 Å². The number of ether oxygens (including phenoxy) is 1. The summed E-state index contributed by atoms with van der Waals surface area (Å²) in [6.07, 6.45) is 0. The maximum atomic E-state index is 13.3. The number of amides is 1. The number of benzene rings is 1. The molecule has 0 aliphatic heterocycles. The van der Waals surface area contributed by atoms with Crippen LogP contribution in [0, 0.1) is 22.9 Å². The van der Waals surface area contributed by atoms with E-state index >= 15 is 0 Å². The van der Waals surface area contributed by atoms with Crippen molar-refractivity contribution in [2.75, 3.05) is 19.0 Å². The average Bonchev–Trinajstić information content (AvgIpc) is 2.56. The molecule has 2 rings (SSSR count). The van der Waals surface area contributed by atoms with Crippen LogP contribution in [0.1, 0.15) is 31.3 Å². The third-order valence-corrected chi connectivity index (χ3v) is 3.33. The number of methoxy groups -OCH3 is 1. The molecule has 0 unspecified atom stereocenters. The number of nitrogens with zero attached hydrogens (tertiary/aromatic N) is 1. The third-order valence-electron chi connectivity index (χ3n) is 3.33. The van der Waals surface area contributed by atoms with Crippen LogP contribution in [0.3, 0.4) is 0 Å². The molecular formula is C18H20F3N3O2. The van der Waals surface area contributed by atoms with Gasteiger partial charge in [0.1, 0.15) is 11.6 Å². The number of hydrogen-bond donors (Lipinski definition) is 2. The lowest BCUT2D eigenvalue weighted by Crippen LogP contribution is -2.33. The topological polar surface area (TPSA) is 63.2 Å². The lowest BCUT2D eigenvalue weighted by atomic mass is 9.97. The van der Waals surface area contributed by atoms with E-state index < -0.39 is 23.4 Å². The van der Waals surface area contributed by atoms with Crippen LogP contribution >= 0.6 is 0 Å². The smallest absolute Gasteiger partial charge is 0.273 e. The summed E-state index contributed by atoms with van der Waals surface area (Å²) < 4.78 is 44.8. The van der Waals surface area contributed by atoms with E-state index in [1.807, 2.05) is 20.8 Å². The average molecular weight is 367 g/mol. The van der Waals surface area contributed by atoms with Gasteiger partial charge in [0.2, 0.25) is 0 Å². The van der Waals surface area contributed by atoms with Crippen LogP contribution in [0.15, 0.2) is 24.3 Å². The van der Waals surface area contributed by atoms with Crippen molar-refractivity contribution in [1.82, 2.24) is 10.3 Å². The first kappa shape index (κ1) is 19.6. The molecule has 2 aromatic rings. The minimum Gasteiger partial charge on any atom is -0.494 e. The Bertz CT molecular complexity index is 797. The van der Waals surface area contributed by atoms with Crippen LogP contribution in [0.5, 0.6) is 5.75 Å². The van der Waals surface area contributed by atoms with E-state index in [0.29, 0.717) is 6.54 Å². The number of aromatic nitrogens is 1. The number of nitrogens with one attached hydrogen (secondary N) is 2. The van der Waals surface area contributed by atoms with Gasteiger partial charge < -0.3 is 15.4 Å². The summed E-state index contributed by atoms with van der Waals surface area (Å²) in [5, 5.41) is 5.39. The normalized spacial score (nSPS) is 11.2. The van der Waals surface area contributed by atoms with E-state index in [0.717, 1.165) is 12.1 Å². The molecule has 0 saturated heterocycles. The first-order valence-corrected chi connectivity index (χ1v) is 7.85. The highest BCUT2D eigenvalue weighted by atomic mass is 19.2. The fourth-order valence-corrected chi connectivity index (χ4v) is 2.05. The van der Waals surface area contributed by atoms with Crippen molar-refractivity contribution in [2.24, 2.45) is 5.41 Å². The van der Waals surface area contributed by atoms with Crippen molar-refractivity contribution in [2.45, 2.75) is 20.8 Å². The van der Waals surface area contributed by atoms with Gasteiger partial charge in [0, 0.05) is 24.4 Å². The van der Waals surface area contributed by atoms with Crippen molar-refractivity contribution in [1.29, 1.82) is 0 Å². The second-order valence-corrected chi connectivity index (χ2v) is 6.87. The van der Waals surface area contributed by atoms with Gasteiger partial charge in [0.25, 0.3) is 5.91 Å². The largest absolute Gasteiger partial charge is 0.494 e. The quantitative estimate of drug-likeness (QED) is 0.784. The molecule has 1 aromatic heterocycles. The molecule has 0 atom stereocenters. The molecule has 140 valence electrons. The van der Waals surface area contributed by atoms with E-state index in [9.17, 15) is 18.0 Å². The van der Waals surface area contributed by atoms with Crippen molar-refractivity contribution in [3.63, 3.8) is 0 Å². The summed E-state index contributed by atoms with van der Waals surface area (Å²) in [7, 11) is 1.40. The Kier molecular flexibility index (Phi) is 5.74. The van der Waals surface area contributed by atoms with E-state index in [4.69, 9.17) is 4.74 Å². The number of pyridine rings is 1. The van der Waals surface area contributed by atoms with E-state index in [2.05, 4.69) is 15.6 Å². The van der Waals surface area contributed by atoms with E-state index in [1.165, 1.54) is 19.2 Å². The molecule has 0 bridgehead atoms. The van der Waals surface area contributed by atoms with Crippen LogP contribution in [0.25, 0.3) is 0 Å². The zero-order chi connectivity index (χ0) is 19.5. The molecule has 1 amide bonds. The summed E-state index contributed by atoms with van der Waals surface area (Å²) in [5.41, 5.74) is -0.146. The molecule has 1 heterocycles. The molecule has 5 nitrogen and oxygen atoms in total. The van der Waals surface area contributed by atoms with Crippen molar-refractivity contribution >= 4 is 17.4 Å². The van der Waals surface area contributed by atoms with Crippen molar-refractivity contribution < 1.29 is 22.7 Å². The molecule has 0 aliphatic carbocycles. The van der Waals surface area contributed by atoms with Gasteiger partial charge in [-0.25, -0.2) is 18.2 Å². The number of anilines is 2. The molecule has 2 N–H and O–H groups in total. The van der Waals surface area contributed by atoms with Crippen LogP contribution in [0.4, 0.5) is 24.7 Å². The van der Waals surface area contributed by atoms with Gasteiger partial charge in [0.15, 0.2) is 23.1 Å². The monoisotopic (exact) mass is 367 g/mol. The van der Waals surface area contributed by atoms with Crippen molar-refractivity contribution in [3.05, 3.63) is 47.4 Å². The highest BCUT2D eigenvalue weighted by Gasteiger charge is 2.19. The lowest BCUT2D eigenvalue weighted by molar-refractivity contribution is 0.0931. The number of carbonyl (C=O) groups excluding carboxylic acids is 1. The number of halogens is 3. The van der Waals surface area contributed by atoms with Gasteiger partial charge in [0.05, 0.1) is 7.11 Å². The molecule has 0 radical (unpaired) electrons. The highest BCUT2D eigenvalue weighted by molar-refractivity contribution is 5.95. The van der Waals surface area contributed by atoms with Crippen LogP contribution in [-0.4, -0.2) is 24.5 Å². The SMILES string of the molecule is COc1ccc(Nc2cc(F)c(F)c(F)c2)nc1C(=O)NCC(C)(C)C. The molecule has 26 heavy (non-hydrogen) atoms. The lowest BCUT2D eigenvalue weighted by Gasteiger charge is -2.19. The van der Waals surface area contributed by atoms with Gasteiger partial charge in [-0.15, -0.1) is 0 Å². The first-order valence-electron chi connectivity index (χ1n) is 7.85. The Morgan fingerprint density at radius 2 is 1.77 bits per heavy atom. The van der Waals surface area contributed by atoms with Gasteiger partial charge in [-0.05, 0) is 17.5 Å². The summed E-state index contributed by atoms with van der Waals surface area (Å²) in [6, 6.07) is 4.56. The van der Waals surface area contributed by atoms with E-state index in [1.54, 1.807) is 0 Å². The van der Waals surface area contributed by atoms with Gasteiger partial charge in [-0.3, -0.25) is 4.79 Å². The zero-order valence-corrected chi connectivity index (χ0v) is 14.9. The number of rotatable bonds is 5. The zero-order valence-electron chi connectivity index (χ0n) is 14.9. The Morgan fingerprint density at radius 3 is 2.31 bits per heavy atom. The highest BCUT2D eigenvalue weighted by Crippen LogP contribution is 2.24. The minimum atomic E-state index is -1.56. The number of carbonyl (C=O) groups is 1. The first-order chi connectivity index (χ1) is 12.1. The third kappa shape index (κ3) is 4.87. The predicted molar refractivity (Wildman–Crippen MR) is 92.2 cm³/mol. The van der Waals surface area contributed by atoms with Crippen LogP contribution in [0.2, 0.25) is 0 Å². The summed E-state index contributed by atoms with van der Waals surface area (Å²) >= 11 is 0. The molecule has 0 fully saturated rings. The van der Waals surface area contributed by atoms with Gasteiger partial charge in [-0.1, -0.05) is 20.8 Å². The minimum absolute atomic E-state index is 0.0183. The Morgan fingerprint density at radius 1 is 1.15 bits per heavy atom. The predicted octanol–water partition coefficient (Wildman–Crippen LogP) is 4.03. The Balaban J connectivity index is 2.27. The fraction of sp³-hybridized carbons (Fsp3) is 0.333. The standard InChI is InChI=1S/C18H20F3N3O2/c1-18(2,3)9-22-17(25)16-13(26-4)5-6-14(24-16)23-10-7-11(19)15(21)12(20)8-10/h5-8H,9H2,1-4H3,(H,22,25)(H,23,24). The maximum absolute atomic E-state index is 13.3. The fourth-order valence-electron chi connectivity index (χ4n) is 2.05. The summed E-state index contributed by atoms with van der Waals surface area (Å²) in [5.74, 6) is -4.26.